The van der Waals surface area contributed by atoms with Crippen LogP contribution < -0.4 is 9.46 Å². The summed E-state index contributed by atoms with van der Waals surface area (Å²) < 4.78 is 35.9. The summed E-state index contributed by atoms with van der Waals surface area (Å²) >= 11 is 0. The minimum atomic E-state index is -3.37. The summed E-state index contributed by atoms with van der Waals surface area (Å²) in [6.07, 6.45) is 8.84. The molecular weight excluding hydrogens is 474 g/mol. The number of aromatic nitrogens is 3. The molecule has 9 heteroatoms. The predicted octanol–water partition coefficient (Wildman–Crippen LogP) is 5.78. The Hall–Kier alpha value is -3.90. The number of sulfonamides is 1. The first kappa shape index (κ1) is 22.6. The first-order valence-corrected chi connectivity index (χ1v) is 13.7. The van der Waals surface area contributed by atoms with Crippen LogP contribution in [-0.4, -0.2) is 28.2 Å². The highest BCUT2D eigenvalue weighted by Gasteiger charge is 2.31. The molecule has 0 radical (unpaired) electrons. The molecule has 0 amide bonds. The zero-order chi connectivity index (χ0) is 24.7. The van der Waals surface area contributed by atoms with Gasteiger partial charge >= 0.3 is 6.01 Å². The van der Waals surface area contributed by atoms with Crippen molar-refractivity contribution in [3.05, 3.63) is 66.5 Å². The zero-order valence-electron chi connectivity index (χ0n) is 19.6. The van der Waals surface area contributed by atoms with E-state index in [1.54, 1.807) is 30.6 Å². The quantitative estimate of drug-likeness (QED) is 0.345. The number of hydrogen-bond acceptors (Lipinski definition) is 6. The number of nitriles is 1. The van der Waals surface area contributed by atoms with Crippen molar-refractivity contribution < 1.29 is 13.2 Å². The van der Waals surface area contributed by atoms with Crippen LogP contribution in [0.1, 0.15) is 50.1 Å². The molecule has 6 rings (SSSR count). The third-order valence-electron chi connectivity index (χ3n) is 7.19. The summed E-state index contributed by atoms with van der Waals surface area (Å²) in [6.45, 7) is 0. The maximum atomic E-state index is 12.5. The molecule has 4 aromatic rings. The van der Waals surface area contributed by atoms with Gasteiger partial charge in [-0.25, -0.2) is 18.4 Å². The predicted molar refractivity (Wildman–Crippen MR) is 137 cm³/mol. The summed E-state index contributed by atoms with van der Waals surface area (Å²) in [5.41, 5.74) is 3.78. The lowest BCUT2D eigenvalue weighted by Gasteiger charge is -2.30. The monoisotopic (exact) mass is 499 g/mol. The molecule has 182 valence electrons. The highest BCUT2D eigenvalue weighted by atomic mass is 32.2. The fraction of sp³-hybridized carbons (Fsp3) is 0.296. The number of ether oxygens (including phenoxy) is 1. The highest BCUT2D eigenvalue weighted by Crippen LogP contribution is 2.43. The maximum absolute atomic E-state index is 12.5. The number of anilines is 1. The molecule has 0 unspecified atom stereocenters. The van der Waals surface area contributed by atoms with Gasteiger partial charge in [0.1, 0.15) is 11.8 Å². The van der Waals surface area contributed by atoms with E-state index in [-0.39, 0.29) is 17.3 Å². The lowest BCUT2D eigenvalue weighted by atomic mass is 9.92. The van der Waals surface area contributed by atoms with Gasteiger partial charge in [0.2, 0.25) is 10.0 Å². The van der Waals surface area contributed by atoms with E-state index in [4.69, 9.17) is 4.74 Å². The van der Waals surface area contributed by atoms with Crippen LogP contribution in [0.2, 0.25) is 0 Å². The smallest absolute Gasteiger partial charge is 0.321 e. The lowest BCUT2D eigenvalue weighted by molar-refractivity contribution is 0.324. The second kappa shape index (κ2) is 8.95. The Morgan fingerprint density at radius 1 is 1.00 bits per heavy atom. The van der Waals surface area contributed by atoms with E-state index in [1.807, 2.05) is 30.3 Å². The number of hydrogen-bond donors (Lipinski definition) is 1. The van der Waals surface area contributed by atoms with Gasteiger partial charge in [-0.3, -0.25) is 4.72 Å². The van der Waals surface area contributed by atoms with E-state index in [0.29, 0.717) is 29.8 Å². The summed E-state index contributed by atoms with van der Waals surface area (Å²) in [7, 11) is -3.37. The Kier molecular flexibility index (Phi) is 5.61. The van der Waals surface area contributed by atoms with Crippen molar-refractivity contribution in [2.45, 2.75) is 49.8 Å². The Morgan fingerprint density at radius 2 is 1.72 bits per heavy atom. The lowest BCUT2D eigenvalue weighted by Crippen LogP contribution is -2.33. The molecule has 0 atom stereocenters. The summed E-state index contributed by atoms with van der Waals surface area (Å²) in [5.74, 6) is 0.601. The van der Waals surface area contributed by atoms with Crippen LogP contribution in [0.15, 0.2) is 60.9 Å². The average Bonchev–Trinajstić information content (AvgIpc) is 3.11. The topological polar surface area (TPSA) is 110 Å². The van der Waals surface area contributed by atoms with E-state index >= 15 is 0 Å². The first-order chi connectivity index (χ1) is 17.5. The van der Waals surface area contributed by atoms with Gasteiger partial charge in [-0.15, -0.1) is 0 Å². The molecule has 0 saturated heterocycles. The van der Waals surface area contributed by atoms with Gasteiger partial charge in [-0.2, -0.15) is 5.26 Å². The summed E-state index contributed by atoms with van der Waals surface area (Å²) in [6, 6.07) is 17.7. The van der Waals surface area contributed by atoms with Gasteiger partial charge < -0.3 is 9.30 Å². The molecule has 1 N–H and O–H groups in total. The number of nitrogens with zero attached hydrogens (tertiary/aromatic N) is 4. The van der Waals surface area contributed by atoms with Crippen LogP contribution in [0, 0.1) is 11.3 Å². The average molecular weight is 500 g/mol. The largest absolute Gasteiger partial charge is 0.424 e. The standard InChI is InChI=1S/C27H25N5O3S/c28-17-24-23-13-12-21(35-27-29-14-3-15-30-27)16-25(23)32(20-4-1-5-20)26(24)18-8-10-19(11-9-18)31-36(33,34)22-6-2-7-22/h3,8-16,20,22,31H,1-2,4-7H2. The summed E-state index contributed by atoms with van der Waals surface area (Å²) in [5, 5.41) is 10.7. The number of fused-ring (bicyclic) bond motifs is 1. The molecule has 0 spiro atoms. The van der Waals surface area contributed by atoms with Crippen molar-refractivity contribution in [3.8, 4) is 29.1 Å². The van der Waals surface area contributed by atoms with Crippen molar-refractivity contribution >= 4 is 26.6 Å². The minimum Gasteiger partial charge on any atom is -0.424 e. The van der Waals surface area contributed by atoms with Gasteiger partial charge in [0.25, 0.3) is 0 Å². The molecule has 0 aliphatic heterocycles. The Bertz CT molecular complexity index is 1570. The number of rotatable bonds is 7. The van der Waals surface area contributed by atoms with Crippen LogP contribution in [0.25, 0.3) is 22.2 Å². The highest BCUT2D eigenvalue weighted by molar-refractivity contribution is 7.93. The van der Waals surface area contributed by atoms with Crippen molar-refractivity contribution in [1.82, 2.24) is 14.5 Å². The fourth-order valence-corrected chi connectivity index (χ4v) is 6.43. The third-order valence-corrected chi connectivity index (χ3v) is 9.06. The third kappa shape index (κ3) is 3.97. The molecule has 2 fully saturated rings. The SMILES string of the molecule is N#Cc1c(-c2ccc(NS(=O)(=O)C3CCC3)cc2)n(C2CCC2)c2cc(Oc3ncccn3)ccc12. The van der Waals surface area contributed by atoms with Crippen molar-refractivity contribution in [3.63, 3.8) is 0 Å². The molecular formula is C27H25N5O3S. The van der Waals surface area contributed by atoms with Crippen molar-refractivity contribution in [2.75, 3.05) is 4.72 Å². The van der Waals surface area contributed by atoms with Crippen molar-refractivity contribution in [1.29, 1.82) is 5.26 Å². The zero-order valence-corrected chi connectivity index (χ0v) is 20.4. The van der Waals surface area contributed by atoms with Crippen LogP contribution >= 0.6 is 0 Å². The van der Waals surface area contributed by atoms with Crippen LogP contribution in [0.3, 0.4) is 0 Å². The van der Waals surface area contributed by atoms with Gasteiger partial charge in [-0.05, 0) is 68.0 Å². The first-order valence-electron chi connectivity index (χ1n) is 12.2. The molecule has 0 bridgehead atoms. The maximum Gasteiger partial charge on any atom is 0.321 e. The fourth-order valence-electron chi connectivity index (χ4n) is 4.84. The number of benzene rings is 2. The normalized spacial score (nSPS) is 16.2. The molecule has 2 aliphatic carbocycles. The molecule has 2 aromatic carbocycles. The van der Waals surface area contributed by atoms with E-state index in [9.17, 15) is 13.7 Å². The Morgan fingerprint density at radius 3 is 2.33 bits per heavy atom. The summed E-state index contributed by atoms with van der Waals surface area (Å²) in [4.78, 5) is 8.28. The van der Waals surface area contributed by atoms with Gasteiger partial charge in [0, 0.05) is 35.6 Å². The van der Waals surface area contributed by atoms with Gasteiger partial charge in [0.15, 0.2) is 0 Å². The molecule has 36 heavy (non-hydrogen) atoms. The van der Waals surface area contributed by atoms with E-state index in [2.05, 4.69) is 25.3 Å². The minimum absolute atomic E-state index is 0.263. The number of nitrogens with one attached hydrogen (secondary N) is 1. The van der Waals surface area contributed by atoms with Crippen LogP contribution in [-0.2, 0) is 10.0 Å². The molecule has 8 nitrogen and oxygen atoms in total. The van der Waals surface area contributed by atoms with Gasteiger partial charge in [0.05, 0.1) is 22.0 Å². The van der Waals surface area contributed by atoms with E-state index in [0.717, 1.165) is 47.8 Å². The van der Waals surface area contributed by atoms with Crippen LogP contribution in [0.5, 0.6) is 11.8 Å². The Labute approximate surface area is 209 Å². The second-order valence-corrected chi connectivity index (χ2v) is 11.3. The van der Waals surface area contributed by atoms with Crippen molar-refractivity contribution in [2.24, 2.45) is 0 Å². The molecule has 2 saturated carbocycles. The molecule has 2 aliphatic rings. The molecule has 2 heterocycles. The van der Waals surface area contributed by atoms with E-state index < -0.39 is 10.0 Å². The van der Waals surface area contributed by atoms with Gasteiger partial charge in [-0.1, -0.05) is 18.6 Å². The molecule has 2 aromatic heterocycles. The van der Waals surface area contributed by atoms with E-state index in [1.165, 1.54) is 0 Å². The van der Waals surface area contributed by atoms with Crippen LogP contribution in [0.4, 0.5) is 5.69 Å². The Balaban J connectivity index is 1.41. The second-order valence-electron chi connectivity index (χ2n) is 9.38.